The number of primary amides is 2. The van der Waals surface area contributed by atoms with Gasteiger partial charge in [-0.2, -0.15) is 35.3 Å². The van der Waals surface area contributed by atoms with Gasteiger partial charge in [0.15, 0.2) is 11.6 Å². The summed E-state index contributed by atoms with van der Waals surface area (Å²) in [6.07, 6.45) is -5.80. The van der Waals surface area contributed by atoms with E-state index in [2.05, 4.69) is 63.4 Å². The van der Waals surface area contributed by atoms with Crippen molar-refractivity contribution in [3.63, 3.8) is 0 Å². The van der Waals surface area contributed by atoms with E-state index < -0.39 is 278 Å². The highest BCUT2D eigenvalue weighted by molar-refractivity contribution is 7.99. The molecule has 8 heterocycles. The third-order valence-corrected chi connectivity index (χ3v) is 30.2. The average molecular weight is 2120 g/mol. The number of benzene rings is 4. The van der Waals surface area contributed by atoms with Crippen LogP contribution in [0.3, 0.4) is 0 Å². The van der Waals surface area contributed by atoms with Gasteiger partial charge in [0.1, 0.15) is 60.1 Å². The Hall–Kier alpha value is -13.3. The van der Waals surface area contributed by atoms with Gasteiger partial charge >= 0.3 is 23.9 Å². The largest absolute Gasteiger partial charge is 0.508 e. The number of carboxylic acids is 4. The van der Waals surface area contributed by atoms with Crippen molar-refractivity contribution < 1.29 is 131 Å². The van der Waals surface area contributed by atoms with Gasteiger partial charge < -0.3 is 110 Å². The Morgan fingerprint density at radius 3 is 1.28 bits per heavy atom. The van der Waals surface area contributed by atoms with Crippen molar-refractivity contribution in [2.45, 2.75) is 261 Å². The number of Topliss-reactive ketones (excluding diaryl/α,β-unsaturated/α-hetero) is 2. The number of phenolic OH excluding ortho intramolecular Hbond substituents is 1. The normalized spacial score (nSPS) is 27.1. The molecular weight excluding hydrogens is 1980 g/mol. The number of ketones is 2. The summed E-state index contributed by atoms with van der Waals surface area (Å²) in [4.78, 5) is 319. The summed E-state index contributed by atoms with van der Waals surface area (Å²) in [5, 5.41) is 79.7. The van der Waals surface area contributed by atoms with Gasteiger partial charge in [-0.3, -0.25) is 110 Å². The van der Waals surface area contributed by atoms with Gasteiger partial charge in [-0.15, -0.1) is 0 Å². The number of rotatable bonds is 19. The van der Waals surface area contributed by atoms with Crippen molar-refractivity contribution in [2.75, 3.05) is 73.8 Å². The number of nitrogens with two attached hydrogens (primary N) is 2. The fourth-order valence-corrected chi connectivity index (χ4v) is 21.5. The molecule has 8 fully saturated rings. The summed E-state index contributed by atoms with van der Waals surface area (Å²) in [5.41, 5.74) is 11.4. The number of fused-ring (bicyclic) bond motifs is 30. The number of carboxylic acid groups (broad SMARTS) is 4. The van der Waals surface area contributed by atoms with Crippen LogP contribution in [0, 0.1) is 23.2 Å². The summed E-state index contributed by atoms with van der Waals surface area (Å²) in [6, 6.07) is 4.75. The van der Waals surface area contributed by atoms with Crippen molar-refractivity contribution in [1.29, 1.82) is 0 Å². The first kappa shape index (κ1) is 118. The number of carbonyl (C=O) groups excluding carboxylic acids is 18. The van der Waals surface area contributed by atoms with Gasteiger partial charge in [0.25, 0.3) is 0 Å². The van der Waals surface area contributed by atoms with Crippen LogP contribution in [-0.4, -0.2) is 333 Å². The summed E-state index contributed by atoms with van der Waals surface area (Å²) in [5.74, 6) is -26.7. The minimum Gasteiger partial charge on any atom is -0.508 e. The van der Waals surface area contributed by atoms with E-state index in [1.807, 2.05) is 0 Å². The van der Waals surface area contributed by atoms with E-state index in [1.54, 1.807) is 103 Å². The number of nitrogens with one attached hydrogen (secondary N) is 11. The standard InChI is InChI=1S/C101H137N17O27S3/c1-56-53-146-42-33-81(123)115-36-27-65(28-37-115)118-66-29-38-116(39-30-66)82(124)34-43-147-54-64(89(103)134)49-79(121)88(101(4,5)6)114-99(144)76(52-87(132)133)112-96(141)73(46-60-19-21-68(119)22-20-60)109-95(140)72(45-59-13-8-7-9-14-59)110-98(143)75(51-86(130)131)111-94(139)71(24-26-85(128)129)107-100(145)77(55-148-44-35-83(125)117-40-31-67(118)32-41-117)113-92(137)58(3)105-93(138)63(47-62-17-12-16-61-15-10-11-18-69(61)62)48-78(120)70(23-25-84(126)127)106-97(142)74(50-80(102)122)108-91(136)57(2)104-90(56)135/h7-22,56-58,63-67,70-77,88,119H,23-55H2,1-6H3,(H2,102,122)(H2,103,134)(H,104,135)(H,105,138)(H,106,142)(H,107,145)(H,108,136)(H,109,140)(H,110,143)(H,111,139)(H,112,141)(H,113,137)(H,114,144)(H,126,127)(H,128,129)(H,130,131)(H,132,133)/t56-,57+,58+,63+,64-,70-,71-,72-,73-,74-,75-,76-,77-,88+/m0/s1. The molecule has 8 aliphatic heterocycles. The van der Waals surface area contributed by atoms with Crippen molar-refractivity contribution in [1.82, 2.24) is 78.1 Å². The second-order valence-corrected chi connectivity index (χ2v) is 42.6. The third kappa shape index (κ3) is 37.2. The number of aliphatic carboxylic acids is 4. The molecule has 0 radical (unpaired) electrons. The molecule has 0 saturated carbocycles. The zero-order valence-electron chi connectivity index (χ0n) is 83.8. The van der Waals surface area contributed by atoms with Gasteiger partial charge in [-0.1, -0.05) is 113 Å². The predicted molar refractivity (Wildman–Crippen MR) is 545 cm³/mol. The monoisotopic (exact) mass is 2120 g/mol. The van der Waals surface area contributed by atoms with E-state index in [0.717, 1.165) is 11.8 Å². The first-order valence-corrected chi connectivity index (χ1v) is 53.1. The first-order valence-electron chi connectivity index (χ1n) is 49.7. The van der Waals surface area contributed by atoms with E-state index >= 15 is 33.6 Å². The Balaban J connectivity index is 1.09. The lowest BCUT2D eigenvalue weighted by Gasteiger charge is -2.50. The lowest BCUT2D eigenvalue weighted by Crippen LogP contribution is -2.61. The van der Waals surface area contributed by atoms with E-state index in [0.29, 0.717) is 105 Å². The van der Waals surface area contributed by atoms with Crippen molar-refractivity contribution in [3.8, 4) is 5.75 Å². The van der Waals surface area contributed by atoms with Gasteiger partial charge in [0, 0.05) is 162 Å². The molecule has 4 aromatic rings. The second kappa shape index (κ2) is 57.3. The number of carbonyl (C=O) groups is 22. The Morgan fingerprint density at radius 2 is 0.791 bits per heavy atom. The Labute approximate surface area is 869 Å². The average Bonchev–Trinajstić information content (AvgIpc) is 0.797. The maximum absolute atomic E-state index is 15.3. The molecule has 20 N–H and O–H groups in total. The van der Waals surface area contributed by atoms with Crippen molar-refractivity contribution in [2.24, 2.45) is 34.6 Å². The SMILES string of the molecule is C[C@H]1CSCCC(=O)N2CCC(CC2)N2C3CCN(CC3)C(=O)CCSC[C@@H](C(N)=O)CC(=O)[C@H](C(C)(C)C)NC(=O)[C@H](CC(=O)O)NC(=O)[C@H](Cc3ccc(O)cc3)NC(=O)[C@H](Cc3ccccc3)NC(=O)[C@H](CC(=O)O)NC(=O)[C@H](CCC(=O)O)NC(=O)[C@H](CSCCC(=O)N3CCC2CC3)NC(=O)[C@@H](C)NC(=O)[C@H](Cc2cccc3ccccc23)CC(=O)[C@H](CCC(=O)O)NC(=O)[C@H](CC(N)=O)NC(=O)[C@@H](C)NC1=O. The molecule has 16 amide bonds. The van der Waals surface area contributed by atoms with E-state index in [9.17, 15) is 97.5 Å². The fourth-order valence-electron chi connectivity index (χ4n) is 18.5. The molecule has 4 aromatic carbocycles. The zero-order valence-corrected chi connectivity index (χ0v) is 86.2. The molecule has 0 aliphatic carbocycles. The second-order valence-electron chi connectivity index (χ2n) is 39.2. The molecular formula is C101H137N17O27S3. The molecule has 806 valence electrons. The zero-order chi connectivity index (χ0) is 108. The van der Waals surface area contributed by atoms with E-state index in [4.69, 9.17) is 11.5 Å². The number of piperidine rings is 3. The van der Waals surface area contributed by atoms with Crippen LogP contribution in [0.1, 0.15) is 174 Å². The van der Waals surface area contributed by atoms with E-state index in [-0.39, 0.29) is 95.9 Å². The molecule has 0 spiro atoms. The number of hydrogen-bond donors (Lipinski definition) is 18. The summed E-state index contributed by atoms with van der Waals surface area (Å²) >= 11 is 3.49. The van der Waals surface area contributed by atoms with Crippen LogP contribution < -0.4 is 70.0 Å². The highest BCUT2D eigenvalue weighted by Gasteiger charge is 2.44. The Bertz CT molecular complexity index is 5440. The minimum atomic E-state index is -2.23. The molecule has 8 bridgehead atoms. The quantitative estimate of drug-likeness (QED) is 0.0568. The molecule has 12 rings (SSSR count). The van der Waals surface area contributed by atoms with Crippen LogP contribution in [-0.2, 0) is 125 Å². The lowest BCUT2D eigenvalue weighted by atomic mass is 9.81. The van der Waals surface area contributed by atoms with Gasteiger partial charge in [-0.05, 0) is 117 Å². The molecule has 47 heteroatoms. The van der Waals surface area contributed by atoms with Crippen LogP contribution in [0.4, 0.5) is 0 Å². The number of nitrogens with zero attached hydrogens (tertiary/aromatic N) is 4. The molecule has 44 nitrogen and oxygen atoms in total. The maximum Gasteiger partial charge on any atom is 0.305 e. The van der Waals surface area contributed by atoms with Crippen molar-refractivity contribution in [3.05, 3.63) is 114 Å². The smallest absolute Gasteiger partial charge is 0.305 e. The fraction of sp³-hybridized carbons (Fsp3) is 0.564. The summed E-state index contributed by atoms with van der Waals surface area (Å²) in [6.45, 7) is 10.9. The first-order chi connectivity index (χ1) is 70.2. The Kier molecular flexibility index (Phi) is 45.8. The van der Waals surface area contributed by atoms with Crippen LogP contribution in [0.25, 0.3) is 10.8 Å². The molecule has 1 unspecified atom stereocenters. The number of thioether (sulfide) groups is 3. The predicted octanol–water partition coefficient (Wildman–Crippen LogP) is 0.491. The molecule has 148 heavy (non-hydrogen) atoms. The lowest BCUT2D eigenvalue weighted by molar-refractivity contribution is -0.142. The highest BCUT2D eigenvalue weighted by Crippen LogP contribution is 2.34. The van der Waals surface area contributed by atoms with Crippen molar-refractivity contribution >= 4 is 176 Å². The summed E-state index contributed by atoms with van der Waals surface area (Å²) < 4.78 is 0. The topological polar surface area (TPSA) is 674 Å². The van der Waals surface area contributed by atoms with Crippen LogP contribution in [0.5, 0.6) is 5.75 Å². The summed E-state index contributed by atoms with van der Waals surface area (Å²) in [7, 11) is 0. The highest BCUT2D eigenvalue weighted by atomic mass is 32.2. The van der Waals surface area contributed by atoms with Gasteiger partial charge in [-0.25, -0.2) is 0 Å². The molecule has 8 saturated heterocycles. The van der Waals surface area contributed by atoms with Gasteiger partial charge in [0.05, 0.1) is 37.3 Å². The van der Waals surface area contributed by atoms with Crippen LogP contribution in [0.2, 0.25) is 0 Å². The molecule has 15 atom stereocenters. The molecule has 8 aliphatic rings. The van der Waals surface area contributed by atoms with Crippen LogP contribution >= 0.6 is 35.3 Å². The number of aromatic hydroxyl groups is 1. The van der Waals surface area contributed by atoms with Gasteiger partial charge in [0.2, 0.25) is 94.5 Å². The maximum atomic E-state index is 15.3. The number of hydrogen-bond acceptors (Lipinski definition) is 27. The number of amides is 16. The minimum absolute atomic E-state index is 0.0244. The molecule has 0 aromatic heterocycles. The Morgan fingerprint density at radius 1 is 0.385 bits per heavy atom. The van der Waals surface area contributed by atoms with E-state index in [1.165, 1.54) is 73.8 Å². The third-order valence-electron chi connectivity index (χ3n) is 26.8. The number of phenols is 1. The van der Waals surface area contributed by atoms with Crippen LogP contribution in [0.15, 0.2) is 97.1 Å².